The number of hydrogen-bond acceptors (Lipinski definition) is 8. The summed E-state index contributed by atoms with van der Waals surface area (Å²) in [5.41, 5.74) is 4.24. The van der Waals surface area contributed by atoms with Crippen LogP contribution in [0.5, 0.6) is 0 Å². The number of amides is 1. The van der Waals surface area contributed by atoms with Crippen molar-refractivity contribution >= 4 is 22.8 Å². The second kappa shape index (κ2) is 6.17. The van der Waals surface area contributed by atoms with Crippen LogP contribution in [0, 0.1) is 12.3 Å². The minimum atomic E-state index is -2.14. The summed E-state index contributed by atoms with van der Waals surface area (Å²) in [5, 5.41) is 33.6. The van der Waals surface area contributed by atoms with Gasteiger partial charge in [-0.3, -0.25) is 4.79 Å². The molecule has 4 rings (SSSR count). The van der Waals surface area contributed by atoms with Gasteiger partial charge in [0.15, 0.2) is 11.8 Å². The van der Waals surface area contributed by atoms with E-state index in [1.165, 1.54) is 17.1 Å². The summed E-state index contributed by atoms with van der Waals surface area (Å²) < 4.78 is 6.93. The van der Waals surface area contributed by atoms with Crippen LogP contribution < -0.4 is 11.1 Å². The lowest BCUT2D eigenvalue weighted by atomic mass is 9.95. The number of nitrogens with two attached hydrogens (primary N) is 1. The SMILES string of the molecule is C#C[C@@]1(O)[C@H](O)[C@@H](CO)O[C@H]1n1cc(C(=O)NC2CC2)c2c(N)ncnc21. The van der Waals surface area contributed by atoms with Crippen LogP contribution in [0.15, 0.2) is 12.5 Å². The van der Waals surface area contributed by atoms with E-state index in [1.54, 1.807) is 0 Å². The fourth-order valence-electron chi connectivity index (χ4n) is 3.30. The summed E-state index contributed by atoms with van der Waals surface area (Å²) >= 11 is 0. The first-order valence-electron chi connectivity index (χ1n) is 8.47. The summed E-state index contributed by atoms with van der Waals surface area (Å²) in [7, 11) is 0. The predicted octanol–water partition coefficient (Wildman–Crippen LogP) is -1.48. The standard InChI is InChI=1S/C17H19N5O5/c1-2-17(26)12(24)10(6-23)27-16(17)22-5-9(15(25)21-8-3-4-8)11-13(18)19-7-20-14(11)22/h1,5,7-8,10,12,16,23-24,26H,3-4,6H2,(H,21,25)(H2,18,19,20)/t10-,12-,16-,17-/m1/s1. The number of ether oxygens (including phenoxy) is 1. The molecule has 10 heteroatoms. The molecule has 2 aliphatic rings. The molecule has 3 heterocycles. The molecule has 2 aromatic rings. The van der Waals surface area contributed by atoms with Crippen molar-refractivity contribution in [2.45, 2.75) is 42.9 Å². The van der Waals surface area contributed by atoms with Gasteiger partial charge in [0.25, 0.3) is 5.91 Å². The second-order valence-corrected chi connectivity index (χ2v) is 6.78. The van der Waals surface area contributed by atoms with E-state index in [0.29, 0.717) is 5.39 Å². The Kier molecular flexibility index (Phi) is 4.05. The summed E-state index contributed by atoms with van der Waals surface area (Å²) in [4.78, 5) is 20.7. The number of nitrogens with one attached hydrogen (secondary N) is 1. The van der Waals surface area contributed by atoms with Crippen LogP contribution in [-0.2, 0) is 4.74 Å². The van der Waals surface area contributed by atoms with E-state index in [2.05, 4.69) is 21.2 Å². The van der Waals surface area contributed by atoms with Crippen LogP contribution in [0.3, 0.4) is 0 Å². The molecule has 0 aromatic carbocycles. The number of rotatable bonds is 4. The predicted molar refractivity (Wildman–Crippen MR) is 93.2 cm³/mol. The van der Waals surface area contributed by atoms with E-state index in [9.17, 15) is 20.1 Å². The Hall–Kier alpha value is -2.71. The van der Waals surface area contributed by atoms with E-state index < -0.39 is 30.6 Å². The van der Waals surface area contributed by atoms with Crippen LogP contribution in [-0.4, -0.2) is 66.2 Å². The average Bonchev–Trinajstić information content (AvgIpc) is 3.33. The van der Waals surface area contributed by atoms with E-state index >= 15 is 0 Å². The quantitative estimate of drug-likeness (QED) is 0.406. The third-order valence-corrected chi connectivity index (χ3v) is 4.94. The first-order chi connectivity index (χ1) is 12.9. The summed E-state index contributed by atoms with van der Waals surface area (Å²) in [6.07, 6.45) is 5.96. The smallest absolute Gasteiger partial charge is 0.253 e. The van der Waals surface area contributed by atoms with Gasteiger partial charge in [-0.25, -0.2) is 9.97 Å². The number of hydrogen-bond donors (Lipinski definition) is 5. The van der Waals surface area contributed by atoms with Gasteiger partial charge < -0.3 is 35.7 Å². The van der Waals surface area contributed by atoms with Crippen molar-refractivity contribution in [2.24, 2.45) is 0 Å². The van der Waals surface area contributed by atoms with E-state index in [-0.39, 0.29) is 29.0 Å². The number of nitrogen functional groups attached to an aromatic ring is 1. The van der Waals surface area contributed by atoms with Crippen molar-refractivity contribution in [3.05, 3.63) is 18.1 Å². The van der Waals surface area contributed by atoms with Gasteiger partial charge in [-0.15, -0.1) is 6.42 Å². The summed E-state index contributed by atoms with van der Waals surface area (Å²) in [5.74, 6) is 1.86. The number of carbonyl (C=O) groups excluding carboxylic acids is 1. The highest BCUT2D eigenvalue weighted by molar-refractivity contribution is 6.09. The van der Waals surface area contributed by atoms with Gasteiger partial charge in [-0.1, -0.05) is 5.92 Å². The lowest BCUT2D eigenvalue weighted by Gasteiger charge is -2.26. The average molecular weight is 373 g/mol. The molecule has 0 radical (unpaired) electrons. The van der Waals surface area contributed by atoms with Crippen molar-refractivity contribution in [1.82, 2.24) is 19.9 Å². The minimum Gasteiger partial charge on any atom is -0.394 e. The zero-order chi connectivity index (χ0) is 19.3. The molecule has 0 unspecified atom stereocenters. The van der Waals surface area contributed by atoms with Crippen LogP contribution in [0.4, 0.5) is 5.82 Å². The molecule has 10 nitrogen and oxygen atoms in total. The molecule has 1 amide bonds. The summed E-state index contributed by atoms with van der Waals surface area (Å²) in [6, 6.07) is 0.118. The number of carbonyl (C=O) groups is 1. The van der Waals surface area contributed by atoms with Gasteiger partial charge in [-0.2, -0.15) is 0 Å². The highest BCUT2D eigenvalue weighted by atomic mass is 16.6. The Bertz CT molecular complexity index is 949. The third-order valence-electron chi connectivity index (χ3n) is 4.94. The first kappa shape index (κ1) is 17.7. The van der Waals surface area contributed by atoms with E-state index in [0.717, 1.165) is 12.8 Å². The molecule has 27 heavy (non-hydrogen) atoms. The minimum absolute atomic E-state index is 0.0844. The second-order valence-electron chi connectivity index (χ2n) is 6.78. The van der Waals surface area contributed by atoms with Crippen molar-refractivity contribution in [2.75, 3.05) is 12.3 Å². The maximum absolute atomic E-state index is 12.6. The van der Waals surface area contributed by atoms with Crippen molar-refractivity contribution in [1.29, 1.82) is 0 Å². The Morgan fingerprint density at radius 3 is 2.89 bits per heavy atom. The molecule has 1 aliphatic heterocycles. The Labute approximate surface area is 154 Å². The molecule has 2 fully saturated rings. The number of aromatic nitrogens is 3. The highest BCUT2D eigenvalue weighted by Crippen LogP contribution is 2.40. The number of aliphatic hydroxyl groups excluding tert-OH is 2. The Morgan fingerprint density at radius 2 is 2.26 bits per heavy atom. The number of fused-ring (bicyclic) bond motifs is 1. The molecule has 2 aromatic heterocycles. The van der Waals surface area contributed by atoms with E-state index in [1.807, 2.05) is 0 Å². The number of anilines is 1. The third kappa shape index (κ3) is 2.64. The lowest BCUT2D eigenvalue weighted by Crippen LogP contribution is -2.45. The maximum Gasteiger partial charge on any atom is 0.253 e. The van der Waals surface area contributed by atoms with Crippen molar-refractivity contribution in [3.63, 3.8) is 0 Å². The fraction of sp³-hybridized carbons (Fsp3) is 0.471. The molecular weight excluding hydrogens is 354 g/mol. The zero-order valence-electron chi connectivity index (χ0n) is 14.2. The molecule has 0 bridgehead atoms. The molecule has 142 valence electrons. The molecule has 1 saturated carbocycles. The van der Waals surface area contributed by atoms with Crippen LogP contribution in [0.1, 0.15) is 29.4 Å². The zero-order valence-corrected chi connectivity index (χ0v) is 14.2. The van der Waals surface area contributed by atoms with Gasteiger partial charge in [0.2, 0.25) is 0 Å². The molecule has 4 atom stereocenters. The van der Waals surface area contributed by atoms with Crippen LogP contribution in [0.2, 0.25) is 0 Å². The maximum atomic E-state index is 12.6. The molecule has 1 aliphatic carbocycles. The van der Waals surface area contributed by atoms with Crippen molar-refractivity contribution in [3.8, 4) is 12.3 Å². The monoisotopic (exact) mass is 373 g/mol. The number of aliphatic hydroxyl groups is 3. The summed E-state index contributed by atoms with van der Waals surface area (Å²) in [6.45, 7) is -0.549. The van der Waals surface area contributed by atoms with Gasteiger partial charge in [-0.05, 0) is 12.8 Å². The Balaban J connectivity index is 1.86. The fourth-order valence-corrected chi connectivity index (χ4v) is 3.30. The van der Waals surface area contributed by atoms with E-state index in [4.69, 9.17) is 16.9 Å². The number of nitrogens with zero attached hydrogens (tertiary/aromatic N) is 3. The van der Waals surface area contributed by atoms with Crippen LogP contribution in [0.25, 0.3) is 11.0 Å². The normalized spacial score (nSPS) is 30.4. The topological polar surface area (TPSA) is 156 Å². The molecule has 0 spiro atoms. The van der Waals surface area contributed by atoms with Gasteiger partial charge in [0.1, 0.15) is 30.0 Å². The van der Waals surface area contributed by atoms with Gasteiger partial charge in [0, 0.05) is 12.2 Å². The largest absolute Gasteiger partial charge is 0.394 e. The van der Waals surface area contributed by atoms with Crippen LogP contribution >= 0.6 is 0 Å². The first-order valence-corrected chi connectivity index (χ1v) is 8.47. The number of terminal acetylenes is 1. The molecule has 6 N–H and O–H groups in total. The molecule has 1 saturated heterocycles. The highest BCUT2D eigenvalue weighted by Gasteiger charge is 2.55. The molecular formula is C17H19N5O5. The van der Waals surface area contributed by atoms with Gasteiger partial charge in [0.05, 0.1) is 17.6 Å². The lowest BCUT2D eigenvalue weighted by molar-refractivity contribution is -0.0718. The van der Waals surface area contributed by atoms with Gasteiger partial charge >= 0.3 is 0 Å². The Morgan fingerprint density at radius 1 is 1.52 bits per heavy atom. The van der Waals surface area contributed by atoms with Crippen molar-refractivity contribution < 1.29 is 24.9 Å².